The van der Waals surface area contributed by atoms with Crippen molar-refractivity contribution < 1.29 is 14.3 Å². The van der Waals surface area contributed by atoms with Gasteiger partial charge in [0, 0.05) is 34.5 Å². The third kappa shape index (κ3) is 5.21. The number of methoxy groups -OCH3 is 2. The molecule has 0 radical (unpaired) electrons. The van der Waals surface area contributed by atoms with E-state index >= 15 is 0 Å². The normalized spacial score (nSPS) is 15.1. The fourth-order valence-electron chi connectivity index (χ4n) is 4.16. The molecule has 182 valence electrons. The Hall–Kier alpha value is -2.23. The number of fused-ring (bicyclic) bond motifs is 1. The number of benzene rings is 1. The Morgan fingerprint density at radius 3 is 2.82 bits per heavy atom. The van der Waals surface area contributed by atoms with E-state index in [-0.39, 0.29) is 11.7 Å². The molecule has 1 aliphatic carbocycles. The molecule has 4 rings (SSSR count). The molecule has 3 aromatic rings. The van der Waals surface area contributed by atoms with Gasteiger partial charge < -0.3 is 19.4 Å². The van der Waals surface area contributed by atoms with Gasteiger partial charge in [-0.25, -0.2) is 0 Å². The molecule has 1 N–H and O–H groups in total. The highest BCUT2D eigenvalue weighted by Gasteiger charge is 2.24. The minimum atomic E-state index is -0.179. The van der Waals surface area contributed by atoms with Crippen molar-refractivity contribution in [1.29, 1.82) is 0 Å². The molecule has 0 saturated heterocycles. The topological polar surface area (TPSA) is 78.3 Å². The number of thioether (sulfide) groups is 1. The number of halogens is 1. The molecule has 0 saturated carbocycles. The van der Waals surface area contributed by atoms with Crippen molar-refractivity contribution >= 4 is 46.3 Å². The van der Waals surface area contributed by atoms with Crippen molar-refractivity contribution in [2.24, 2.45) is 5.92 Å². The number of rotatable bonds is 9. The maximum atomic E-state index is 12.7. The van der Waals surface area contributed by atoms with E-state index in [0.29, 0.717) is 22.2 Å². The molecule has 0 spiro atoms. The van der Waals surface area contributed by atoms with Crippen LogP contribution in [0.25, 0.3) is 11.4 Å². The summed E-state index contributed by atoms with van der Waals surface area (Å²) in [7, 11) is 3.06. The molecular formula is C24H29ClN4O3S2. The van der Waals surface area contributed by atoms with Crippen molar-refractivity contribution in [2.45, 2.75) is 51.2 Å². The zero-order valence-electron chi connectivity index (χ0n) is 19.8. The third-order valence-electron chi connectivity index (χ3n) is 5.89. The van der Waals surface area contributed by atoms with E-state index in [0.717, 1.165) is 42.7 Å². The lowest BCUT2D eigenvalue weighted by Gasteiger charge is -2.19. The quantitative estimate of drug-likeness (QED) is 0.352. The summed E-state index contributed by atoms with van der Waals surface area (Å²) in [4.78, 5) is 14.2. The first-order valence-corrected chi connectivity index (χ1v) is 13.6. The molecule has 1 aliphatic rings. The van der Waals surface area contributed by atoms with E-state index in [4.69, 9.17) is 21.1 Å². The lowest BCUT2D eigenvalue weighted by molar-refractivity contribution is -0.113. The second-order valence-electron chi connectivity index (χ2n) is 8.38. The van der Waals surface area contributed by atoms with Crippen molar-refractivity contribution in [2.75, 3.05) is 25.3 Å². The highest BCUT2D eigenvalue weighted by molar-refractivity contribution is 7.99. The van der Waals surface area contributed by atoms with Crippen molar-refractivity contribution in [1.82, 2.24) is 14.8 Å². The van der Waals surface area contributed by atoms with Crippen LogP contribution in [-0.4, -0.2) is 40.6 Å². The Labute approximate surface area is 213 Å². The predicted octanol–water partition coefficient (Wildman–Crippen LogP) is 5.94. The van der Waals surface area contributed by atoms with Crippen molar-refractivity contribution in [3.05, 3.63) is 33.0 Å². The fourth-order valence-corrected chi connectivity index (χ4v) is 6.40. The first-order valence-electron chi connectivity index (χ1n) is 11.3. The van der Waals surface area contributed by atoms with E-state index in [1.807, 2.05) is 11.3 Å². The molecule has 0 aliphatic heterocycles. The zero-order valence-corrected chi connectivity index (χ0v) is 22.2. The average molecular weight is 521 g/mol. The summed E-state index contributed by atoms with van der Waals surface area (Å²) in [6.45, 7) is 5.25. The van der Waals surface area contributed by atoms with E-state index in [1.54, 1.807) is 12.1 Å². The van der Waals surface area contributed by atoms with Crippen LogP contribution in [-0.2, 0) is 24.2 Å². The third-order valence-corrected chi connectivity index (χ3v) is 8.20. The van der Waals surface area contributed by atoms with E-state index in [2.05, 4.69) is 39.3 Å². The molecule has 1 aromatic carbocycles. The molecule has 1 atom stereocenters. The molecule has 1 amide bonds. The van der Waals surface area contributed by atoms with Crippen LogP contribution in [0.4, 0.5) is 5.69 Å². The number of aromatic nitrogens is 3. The summed E-state index contributed by atoms with van der Waals surface area (Å²) in [5, 5.41) is 15.3. The minimum absolute atomic E-state index is 0.179. The van der Waals surface area contributed by atoms with Gasteiger partial charge in [-0.15, -0.1) is 21.5 Å². The summed E-state index contributed by atoms with van der Waals surface area (Å²) in [6, 6.07) is 3.28. The van der Waals surface area contributed by atoms with Gasteiger partial charge in [-0.05, 0) is 37.2 Å². The Balaban J connectivity index is 1.50. The number of amides is 1. The first kappa shape index (κ1) is 24.9. The lowest BCUT2D eigenvalue weighted by Crippen LogP contribution is -2.15. The van der Waals surface area contributed by atoms with Crippen LogP contribution >= 0.6 is 34.7 Å². The van der Waals surface area contributed by atoms with E-state index in [9.17, 15) is 4.79 Å². The summed E-state index contributed by atoms with van der Waals surface area (Å²) in [6.07, 6.45) is 4.39. The number of carbonyl (C=O) groups is 1. The number of carbonyl (C=O) groups excluding carboxylic acids is 1. The number of ether oxygens (including phenoxy) is 2. The molecule has 0 fully saturated rings. The van der Waals surface area contributed by atoms with E-state index < -0.39 is 0 Å². The molecule has 34 heavy (non-hydrogen) atoms. The molecule has 0 bridgehead atoms. The van der Waals surface area contributed by atoms with Crippen LogP contribution < -0.4 is 14.8 Å². The zero-order chi connectivity index (χ0) is 24.2. The number of nitrogens with one attached hydrogen (secondary N) is 1. The van der Waals surface area contributed by atoms with Gasteiger partial charge in [0.05, 0.1) is 30.7 Å². The van der Waals surface area contributed by atoms with Gasteiger partial charge in [-0.3, -0.25) is 4.79 Å². The van der Waals surface area contributed by atoms with Gasteiger partial charge in [0.25, 0.3) is 0 Å². The van der Waals surface area contributed by atoms with E-state index in [1.165, 1.54) is 48.4 Å². The molecular weight excluding hydrogens is 492 g/mol. The van der Waals surface area contributed by atoms with Gasteiger partial charge in [-0.2, -0.15) is 0 Å². The minimum Gasteiger partial charge on any atom is -0.495 e. The standard InChI is InChI=1S/C24H29ClN4O3S2/c1-5-8-29-23(16-12-33-21-9-14(2)6-7-15(16)21)27-28-24(29)34-13-22(30)26-18-11-19(31-3)17(25)10-20(18)32-4/h10-12,14H,5-9,13H2,1-4H3,(H,26,30). The monoisotopic (exact) mass is 520 g/mol. The second-order valence-corrected chi connectivity index (χ2v) is 10.7. The van der Waals surface area contributed by atoms with Crippen molar-refractivity contribution in [3.63, 3.8) is 0 Å². The highest BCUT2D eigenvalue weighted by atomic mass is 35.5. The summed E-state index contributed by atoms with van der Waals surface area (Å²) >= 11 is 9.37. The van der Waals surface area contributed by atoms with Crippen LogP contribution in [0, 0.1) is 5.92 Å². The van der Waals surface area contributed by atoms with Crippen molar-refractivity contribution in [3.8, 4) is 22.9 Å². The Morgan fingerprint density at radius 1 is 1.29 bits per heavy atom. The predicted molar refractivity (Wildman–Crippen MR) is 139 cm³/mol. The van der Waals surface area contributed by atoms with Crippen LogP contribution in [0.3, 0.4) is 0 Å². The Bertz CT molecular complexity index is 1180. The molecule has 7 nitrogen and oxygen atoms in total. The van der Waals surface area contributed by atoms with Gasteiger partial charge in [0.2, 0.25) is 5.91 Å². The molecule has 10 heteroatoms. The Morgan fingerprint density at radius 2 is 2.09 bits per heavy atom. The largest absolute Gasteiger partial charge is 0.495 e. The smallest absolute Gasteiger partial charge is 0.234 e. The number of anilines is 1. The number of hydrogen-bond donors (Lipinski definition) is 1. The van der Waals surface area contributed by atoms with Gasteiger partial charge in [0.1, 0.15) is 11.5 Å². The average Bonchev–Trinajstić information content (AvgIpc) is 3.42. The van der Waals surface area contributed by atoms with Gasteiger partial charge in [0.15, 0.2) is 11.0 Å². The SMILES string of the molecule is CCCn1c(SCC(=O)Nc2cc(OC)c(Cl)cc2OC)nnc1-c1csc2c1CCC(C)C2. The van der Waals surface area contributed by atoms with Gasteiger partial charge in [-0.1, -0.05) is 37.2 Å². The number of thiophene rings is 1. The van der Waals surface area contributed by atoms with Crippen LogP contribution in [0.15, 0.2) is 22.7 Å². The maximum absolute atomic E-state index is 12.7. The van der Waals surface area contributed by atoms with Gasteiger partial charge >= 0.3 is 0 Å². The summed E-state index contributed by atoms with van der Waals surface area (Å²) in [5.74, 6) is 2.58. The lowest BCUT2D eigenvalue weighted by atomic mass is 9.88. The fraction of sp³-hybridized carbons (Fsp3) is 0.458. The molecule has 1 unspecified atom stereocenters. The summed E-state index contributed by atoms with van der Waals surface area (Å²) in [5.41, 5.74) is 3.12. The second kappa shape index (κ2) is 11.0. The number of nitrogens with zero attached hydrogens (tertiary/aromatic N) is 3. The van der Waals surface area contributed by atoms with Crippen LogP contribution in [0.1, 0.15) is 37.1 Å². The number of hydrogen-bond acceptors (Lipinski definition) is 7. The van der Waals surface area contributed by atoms with Crippen LogP contribution in [0.2, 0.25) is 5.02 Å². The maximum Gasteiger partial charge on any atom is 0.234 e. The molecule has 2 heterocycles. The summed E-state index contributed by atoms with van der Waals surface area (Å²) < 4.78 is 12.8. The molecule has 2 aromatic heterocycles. The van der Waals surface area contributed by atoms with Crippen LogP contribution in [0.5, 0.6) is 11.5 Å². The first-order chi connectivity index (χ1) is 16.4. The Kier molecular flexibility index (Phi) is 8.06. The highest BCUT2D eigenvalue weighted by Crippen LogP contribution is 2.39.